The topological polar surface area (TPSA) is 565 Å². The highest BCUT2D eigenvalue weighted by Gasteiger charge is 2.40. The molecule has 41 nitrogen and oxygen atoms in total. The lowest BCUT2D eigenvalue weighted by Crippen LogP contribution is -2.50. The number of hydrogen-bond donors (Lipinski definition) is 17. The van der Waals surface area contributed by atoms with Crippen molar-refractivity contribution in [1.29, 1.82) is 0 Å². The van der Waals surface area contributed by atoms with Crippen molar-refractivity contribution in [1.82, 2.24) is 10.6 Å². The Bertz CT molecular complexity index is 2320. The van der Waals surface area contributed by atoms with Crippen molar-refractivity contribution in [2.45, 2.75) is 120 Å². The standard InChI is InChI=1S/C58H114N2O39P4S2/c1-43(65)59-46-33-47(67)54(70)51(38-64)99-57(46)90-29-23-80-15-18-81-24-30-93-101(75)92-12-4-8-85-40-58(39-84-7-3-11-91-100(73)74,41-86-9-5-13-94-102(76,104)96-31-25-82-19-16-78-21-27-88-52-34-48(68)55(71)50(37-63)98-52)42-87-10-6-14-95-103(77,105)97-32-26-83-20-17-79-22-28-89-56(72)53(60-44(2)66)45(35-61)49(69)36-62/h46-52,54-57,61-64,67-75H,3-42H2,1-2H3,(H,59,65)(H,60,66)(H,76,104)(H,77,105)/b53-45-/t46-,47+,48+,49+,50?,51?,52+,54?,55?,56-,57?,58?,101?,102?,103?/m0/s1. The lowest BCUT2D eigenvalue weighted by Gasteiger charge is -2.35. The van der Waals surface area contributed by atoms with Crippen molar-refractivity contribution in [3.63, 3.8) is 0 Å². The van der Waals surface area contributed by atoms with Crippen LogP contribution in [-0.2, 0) is 136 Å². The minimum atomic E-state index is -3.72. The van der Waals surface area contributed by atoms with Crippen molar-refractivity contribution in [2.24, 2.45) is 5.41 Å². The molecule has 0 saturated carbocycles. The van der Waals surface area contributed by atoms with Crippen LogP contribution in [0.3, 0.4) is 0 Å². The monoisotopic (exact) mass is 1650 g/mol. The molecule has 15 atom stereocenters. The molecular weight excluding hydrogens is 1540 g/mol. The second-order valence-electron chi connectivity index (χ2n) is 22.9. The highest BCUT2D eigenvalue weighted by Crippen LogP contribution is 2.44. The third-order valence-corrected chi connectivity index (χ3v) is 18.7. The normalized spacial score (nSPS) is 23.1. The summed E-state index contributed by atoms with van der Waals surface area (Å²) < 4.78 is 122. The Morgan fingerprint density at radius 1 is 0.505 bits per heavy atom. The van der Waals surface area contributed by atoms with E-state index in [1.165, 1.54) is 6.92 Å². The summed E-state index contributed by atoms with van der Waals surface area (Å²) in [4.78, 5) is 73.5. The van der Waals surface area contributed by atoms with E-state index in [2.05, 4.69) is 10.6 Å². The average Bonchev–Trinajstić information content (AvgIpc) is 1.70. The first-order valence-corrected chi connectivity index (χ1v) is 41.3. The van der Waals surface area contributed by atoms with Crippen LogP contribution in [0.4, 0.5) is 0 Å². The highest BCUT2D eigenvalue weighted by molar-refractivity contribution is 8.07. The zero-order chi connectivity index (χ0) is 77.6. The first-order chi connectivity index (χ1) is 50.3. The minimum absolute atomic E-state index is 0.000746. The molecule has 0 radical (unpaired) electrons. The molecule has 2 aliphatic heterocycles. The van der Waals surface area contributed by atoms with Crippen LogP contribution in [0.25, 0.3) is 0 Å². The molecule has 622 valence electrons. The van der Waals surface area contributed by atoms with Crippen LogP contribution in [0.15, 0.2) is 11.3 Å². The number of amides is 2. The number of nitrogens with one attached hydrogen (secondary N) is 2. The van der Waals surface area contributed by atoms with Crippen molar-refractivity contribution < 1.29 is 188 Å². The van der Waals surface area contributed by atoms with Gasteiger partial charge in [0.2, 0.25) is 11.8 Å². The van der Waals surface area contributed by atoms with Crippen LogP contribution in [0.5, 0.6) is 0 Å². The third-order valence-electron chi connectivity index (χ3n) is 14.2. The van der Waals surface area contributed by atoms with E-state index in [9.17, 15) is 85.1 Å². The lowest BCUT2D eigenvalue weighted by molar-refractivity contribution is -0.259. The fourth-order valence-electron chi connectivity index (χ4n) is 9.08. The number of carbonyl (C=O) groups excluding carboxylic acids is 2. The van der Waals surface area contributed by atoms with E-state index in [4.69, 9.17) is 126 Å². The van der Waals surface area contributed by atoms with Crippen molar-refractivity contribution >= 4 is 66.1 Å². The summed E-state index contributed by atoms with van der Waals surface area (Å²) in [5.74, 6) is -1.02. The van der Waals surface area contributed by atoms with Gasteiger partial charge in [-0.25, -0.2) is 0 Å². The Morgan fingerprint density at radius 2 is 0.914 bits per heavy atom. The molecule has 0 aromatic heterocycles. The Kier molecular flexibility index (Phi) is 59.1. The van der Waals surface area contributed by atoms with Gasteiger partial charge < -0.3 is 189 Å². The number of rotatable bonds is 69. The van der Waals surface area contributed by atoms with Gasteiger partial charge in [-0.15, -0.1) is 0 Å². The highest BCUT2D eigenvalue weighted by atomic mass is 32.5. The molecule has 9 unspecified atom stereocenters. The van der Waals surface area contributed by atoms with Gasteiger partial charge in [-0.2, -0.15) is 0 Å². The fraction of sp³-hybridized carbons (Fsp3) is 0.931. The largest absolute Gasteiger partial charge is 0.394 e. The van der Waals surface area contributed by atoms with E-state index < -0.39 is 142 Å². The Labute approximate surface area is 623 Å². The molecular formula is C58H114N2O39P4S2. The molecule has 0 spiro atoms. The average molecular weight is 1650 g/mol. The maximum Gasteiger partial charge on any atom is 0.329 e. The first-order valence-electron chi connectivity index (χ1n) is 33.8. The van der Waals surface area contributed by atoms with Gasteiger partial charge in [-0.1, -0.05) is 0 Å². The van der Waals surface area contributed by atoms with E-state index in [1.807, 2.05) is 0 Å². The van der Waals surface area contributed by atoms with Crippen molar-refractivity contribution in [3.05, 3.63) is 11.3 Å². The van der Waals surface area contributed by atoms with Crippen LogP contribution in [-0.4, -0.2) is 380 Å². The molecule has 0 aromatic carbocycles. The van der Waals surface area contributed by atoms with Gasteiger partial charge in [0.1, 0.15) is 30.5 Å². The van der Waals surface area contributed by atoms with Gasteiger partial charge in [0.25, 0.3) is 0 Å². The van der Waals surface area contributed by atoms with Crippen molar-refractivity contribution in [3.8, 4) is 0 Å². The molecule has 0 bridgehead atoms. The zero-order valence-electron chi connectivity index (χ0n) is 59.2. The maximum absolute atomic E-state index is 11.7. The lowest BCUT2D eigenvalue weighted by atomic mass is 9.92. The summed E-state index contributed by atoms with van der Waals surface area (Å²) in [6.07, 6.45) is -11.2. The number of hydrogen-bond acceptors (Lipinski definition) is 39. The smallest absolute Gasteiger partial charge is 0.329 e. The fourth-order valence-corrected chi connectivity index (χ4v) is 12.3. The summed E-state index contributed by atoms with van der Waals surface area (Å²) in [7, 11) is -4.87. The molecule has 0 aliphatic carbocycles. The molecule has 105 heavy (non-hydrogen) atoms. The van der Waals surface area contributed by atoms with Gasteiger partial charge in [0.15, 0.2) is 18.9 Å². The van der Waals surface area contributed by atoms with Crippen LogP contribution < -0.4 is 10.6 Å². The second-order valence-corrected chi connectivity index (χ2v) is 30.3. The summed E-state index contributed by atoms with van der Waals surface area (Å²) >= 11 is 10.3. The minimum Gasteiger partial charge on any atom is -0.394 e. The Morgan fingerprint density at radius 3 is 1.37 bits per heavy atom. The maximum atomic E-state index is 11.7. The Hall–Kier alpha value is -0.640. The van der Waals surface area contributed by atoms with Gasteiger partial charge >= 0.3 is 30.6 Å². The quantitative estimate of drug-likeness (QED) is 0.0157. The van der Waals surface area contributed by atoms with E-state index in [-0.39, 0.29) is 235 Å². The summed E-state index contributed by atoms with van der Waals surface area (Å²) in [6, 6.07) is -0.799. The van der Waals surface area contributed by atoms with Crippen LogP contribution in [0, 0.1) is 5.41 Å². The van der Waals surface area contributed by atoms with Crippen LogP contribution >= 0.6 is 30.6 Å². The van der Waals surface area contributed by atoms with E-state index in [0.29, 0.717) is 12.8 Å². The molecule has 47 heteroatoms. The third kappa shape index (κ3) is 49.6. The van der Waals surface area contributed by atoms with Gasteiger partial charge in [-0.05, 0) is 49.3 Å². The summed E-state index contributed by atoms with van der Waals surface area (Å²) in [5.41, 5.74) is -1.55. The molecule has 2 fully saturated rings. The van der Waals surface area contributed by atoms with E-state index in [0.717, 1.165) is 6.92 Å². The molecule has 2 aliphatic rings. The van der Waals surface area contributed by atoms with Gasteiger partial charge in [0.05, 0.1) is 228 Å². The Balaban J connectivity index is 1.88. The van der Waals surface area contributed by atoms with Crippen LogP contribution in [0.2, 0.25) is 0 Å². The molecule has 2 saturated heterocycles. The SMILES string of the molecule is CC(=O)N/C(=C(/CO)[C@H](O)CO)[C@@H](O)OCCOCCOCCOP(O)(=S)OCCCOCC(COCCCOP(O)O)(COCCCOP(O)OCCOCCOCCOC1OC(CO)C(O)[C@H](O)C[C@@H]1NC(C)=O)COCCCOP(O)(=S)OCCOCCOCCO[C@H]1C[C@@H](O)C(O)C(CO)O1. The molecule has 17 N–H and O–H groups in total. The molecule has 2 amide bonds. The predicted octanol–water partition coefficient (Wildman–Crippen LogP) is -4.05. The predicted molar refractivity (Wildman–Crippen MR) is 372 cm³/mol. The zero-order valence-corrected chi connectivity index (χ0v) is 64.5. The van der Waals surface area contributed by atoms with Crippen molar-refractivity contribution in [2.75, 3.05) is 225 Å². The molecule has 0 aromatic rings. The first kappa shape index (κ1) is 100. The number of carbonyl (C=O) groups is 2. The number of aliphatic hydroxyl groups is 10. The number of ether oxygens (including phenoxy) is 15. The molecule has 2 heterocycles. The molecule has 2 rings (SSSR count). The van der Waals surface area contributed by atoms with Gasteiger partial charge in [0, 0.05) is 58.7 Å². The van der Waals surface area contributed by atoms with Gasteiger partial charge in [-0.3, -0.25) is 9.59 Å². The van der Waals surface area contributed by atoms with E-state index in [1.54, 1.807) is 0 Å². The summed E-state index contributed by atoms with van der Waals surface area (Å²) in [5, 5.41) is 103. The second kappa shape index (κ2) is 61.8. The number of aliphatic hydroxyl groups excluding tert-OH is 10. The van der Waals surface area contributed by atoms with E-state index >= 15 is 0 Å². The van der Waals surface area contributed by atoms with Crippen LogP contribution in [0.1, 0.15) is 52.4 Å². The summed E-state index contributed by atoms with van der Waals surface area (Å²) in [6.45, 7) is -6.27.